The van der Waals surface area contributed by atoms with Crippen molar-refractivity contribution in [2.45, 2.75) is 18.2 Å². The van der Waals surface area contributed by atoms with Crippen molar-refractivity contribution in [1.82, 2.24) is 0 Å². The molecule has 0 aliphatic rings. The molecule has 0 unspecified atom stereocenters. The van der Waals surface area contributed by atoms with Gasteiger partial charge in [0, 0.05) is 16.0 Å². The highest BCUT2D eigenvalue weighted by Gasteiger charge is 2.07. The molecule has 5 heteroatoms. The van der Waals surface area contributed by atoms with Gasteiger partial charge in [0.15, 0.2) is 0 Å². The molecule has 0 aliphatic carbocycles. The van der Waals surface area contributed by atoms with E-state index >= 15 is 0 Å². The van der Waals surface area contributed by atoms with Gasteiger partial charge in [0.2, 0.25) is 0 Å². The van der Waals surface area contributed by atoms with Crippen LogP contribution in [-0.4, -0.2) is 10.9 Å². The van der Waals surface area contributed by atoms with Crippen LogP contribution in [0.3, 0.4) is 0 Å². The van der Waals surface area contributed by atoms with Crippen LogP contribution in [-0.2, 0) is 0 Å². The second-order valence-electron chi connectivity index (χ2n) is 4.15. The van der Waals surface area contributed by atoms with Crippen molar-refractivity contribution >= 4 is 35.0 Å². The third-order valence-electron chi connectivity index (χ3n) is 2.51. The van der Waals surface area contributed by atoms with Gasteiger partial charge in [-0.1, -0.05) is 30.1 Å². The first-order chi connectivity index (χ1) is 9.60. The average molecular weight is 329 g/mol. The molecule has 0 saturated carbocycles. The Morgan fingerprint density at radius 3 is 2.60 bits per heavy atom. The summed E-state index contributed by atoms with van der Waals surface area (Å²) in [5.74, 6) is 2.22. The number of benzene rings is 2. The molecule has 2 rings (SSSR count). The highest BCUT2D eigenvalue weighted by Crippen LogP contribution is 2.36. The summed E-state index contributed by atoms with van der Waals surface area (Å²) in [5, 5.41) is 10.9. The maximum absolute atomic E-state index is 9.95. The molecular weight excluding hydrogens is 315 g/mol. The van der Waals surface area contributed by atoms with E-state index in [2.05, 4.69) is 6.92 Å². The van der Waals surface area contributed by atoms with Crippen molar-refractivity contribution in [2.24, 2.45) is 0 Å². The van der Waals surface area contributed by atoms with Gasteiger partial charge in [-0.2, -0.15) is 0 Å². The third kappa shape index (κ3) is 3.98. The fourth-order valence-corrected chi connectivity index (χ4v) is 2.82. The van der Waals surface area contributed by atoms with Crippen LogP contribution in [0.4, 0.5) is 0 Å². The topological polar surface area (TPSA) is 29.5 Å². The Bertz CT molecular complexity index is 602. The Morgan fingerprint density at radius 2 is 1.95 bits per heavy atom. The first kappa shape index (κ1) is 15.4. The highest BCUT2D eigenvalue weighted by atomic mass is 35.5. The van der Waals surface area contributed by atoms with Gasteiger partial charge in [0.05, 0.1) is 5.02 Å². The largest absolute Gasteiger partial charge is 0.507 e. The minimum absolute atomic E-state index is 0.214. The van der Waals surface area contributed by atoms with Crippen LogP contribution in [0.15, 0.2) is 41.3 Å². The SMILES string of the molecule is CCCSc1ccc(Oc2ccc(Cl)cc2Cl)cc1O. The molecule has 0 aromatic heterocycles. The summed E-state index contributed by atoms with van der Waals surface area (Å²) in [6, 6.07) is 10.2. The third-order valence-corrected chi connectivity index (χ3v) is 4.31. The van der Waals surface area contributed by atoms with E-state index in [9.17, 15) is 5.11 Å². The molecule has 2 aromatic carbocycles. The summed E-state index contributed by atoms with van der Waals surface area (Å²) in [6.07, 6.45) is 1.06. The molecule has 0 fully saturated rings. The lowest BCUT2D eigenvalue weighted by atomic mass is 10.3. The van der Waals surface area contributed by atoms with Gasteiger partial charge in [0.25, 0.3) is 0 Å². The van der Waals surface area contributed by atoms with Gasteiger partial charge in [-0.15, -0.1) is 11.8 Å². The first-order valence-corrected chi connectivity index (χ1v) is 7.93. The molecule has 0 radical (unpaired) electrons. The van der Waals surface area contributed by atoms with E-state index < -0.39 is 0 Å². The number of thioether (sulfide) groups is 1. The molecule has 0 aliphatic heterocycles. The summed E-state index contributed by atoms with van der Waals surface area (Å²) in [7, 11) is 0. The van der Waals surface area contributed by atoms with Crippen LogP contribution in [0.25, 0.3) is 0 Å². The molecule has 0 spiro atoms. The summed E-state index contributed by atoms with van der Waals surface area (Å²) >= 11 is 13.5. The van der Waals surface area contributed by atoms with Crippen molar-refractivity contribution < 1.29 is 9.84 Å². The minimum atomic E-state index is 0.214. The van der Waals surface area contributed by atoms with E-state index in [0.717, 1.165) is 17.1 Å². The predicted octanol–water partition coefficient (Wildman–Crippen LogP) is 5.99. The zero-order valence-corrected chi connectivity index (χ0v) is 13.2. The number of rotatable bonds is 5. The lowest BCUT2D eigenvalue weighted by Gasteiger charge is -2.10. The summed E-state index contributed by atoms with van der Waals surface area (Å²) in [6.45, 7) is 2.10. The molecule has 1 N–H and O–H groups in total. The lowest BCUT2D eigenvalue weighted by Crippen LogP contribution is -1.86. The molecule has 0 heterocycles. The zero-order valence-electron chi connectivity index (χ0n) is 10.9. The van der Waals surface area contributed by atoms with E-state index in [-0.39, 0.29) is 5.75 Å². The van der Waals surface area contributed by atoms with E-state index in [1.54, 1.807) is 36.0 Å². The molecule has 20 heavy (non-hydrogen) atoms. The van der Waals surface area contributed by atoms with Crippen molar-refractivity contribution in [2.75, 3.05) is 5.75 Å². The maximum atomic E-state index is 9.95. The number of hydrogen-bond acceptors (Lipinski definition) is 3. The van der Waals surface area contributed by atoms with Crippen LogP contribution in [0.1, 0.15) is 13.3 Å². The quantitative estimate of drug-likeness (QED) is 0.683. The molecule has 2 aromatic rings. The van der Waals surface area contributed by atoms with Crippen molar-refractivity contribution in [3.63, 3.8) is 0 Å². The van der Waals surface area contributed by atoms with E-state index in [4.69, 9.17) is 27.9 Å². The van der Waals surface area contributed by atoms with Gasteiger partial charge in [0.1, 0.15) is 17.2 Å². The Balaban J connectivity index is 2.15. The highest BCUT2D eigenvalue weighted by molar-refractivity contribution is 7.99. The van der Waals surface area contributed by atoms with Crippen LogP contribution >= 0.6 is 35.0 Å². The molecule has 0 amide bonds. The van der Waals surface area contributed by atoms with E-state index in [0.29, 0.717) is 21.5 Å². The van der Waals surface area contributed by atoms with Crippen LogP contribution < -0.4 is 4.74 Å². The molecule has 0 saturated heterocycles. The van der Waals surface area contributed by atoms with Crippen LogP contribution in [0.2, 0.25) is 10.0 Å². The summed E-state index contributed by atoms with van der Waals surface area (Å²) in [4.78, 5) is 0.849. The number of phenols is 1. The monoisotopic (exact) mass is 328 g/mol. The van der Waals surface area contributed by atoms with Gasteiger partial charge in [-0.3, -0.25) is 0 Å². The second-order valence-corrected chi connectivity index (χ2v) is 6.14. The Labute approximate surface area is 132 Å². The molecule has 0 bridgehead atoms. The fourth-order valence-electron chi connectivity index (χ4n) is 1.58. The van der Waals surface area contributed by atoms with Gasteiger partial charge in [-0.05, 0) is 42.5 Å². The predicted molar refractivity (Wildman–Crippen MR) is 85.7 cm³/mol. The number of hydrogen-bond donors (Lipinski definition) is 1. The van der Waals surface area contributed by atoms with Gasteiger partial charge >= 0.3 is 0 Å². The zero-order chi connectivity index (χ0) is 14.5. The van der Waals surface area contributed by atoms with Crippen molar-refractivity contribution in [3.8, 4) is 17.2 Å². The van der Waals surface area contributed by atoms with Gasteiger partial charge < -0.3 is 9.84 Å². The number of phenolic OH excluding ortho intramolecular Hbond substituents is 1. The fraction of sp³-hybridized carbons (Fsp3) is 0.200. The summed E-state index contributed by atoms with van der Waals surface area (Å²) in [5.41, 5.74) is 0. The average Bonchev–Trinajstić information content (AvgIpc) is 2.41. The normalized spacial score (nSPS) is 10.6. The molecular formula is C15H14Cl2O2S. The molecule has 0 atom stereocenters. The number of aromatic hydroxyl groups is 1. The maximum Gasteiger partial charge on any atom is 0.146 e. The first-order valence-electron chi connectivity index (χ1n) is 6.19. The van der Waals surface area contributed by atoms with Gasteiger partial charge in [-0.25, -0.2) is 0 Å². The summed E-state index contributed by atoms with van der Waals surface area (Å²) < 4.78 is 5.64. The van der Waals surface area contributed by atoms with E-state index in [1.165, 1.54) is 0 Å². The molecule has 106 valence electrons. The van der Waals surface area contributed by atoms with Crippen LogP contribution in [0, 0.1) is 0 Å². The Hall–Kier alpha value is -1.03. The Morgan fingerprint density at radius 1 is 1.15 bits per heavy atom. The van der Waals surface area contributed by atoms with Crippen LogP contribution in [0.5, 0.6) is 17.2 Å². The van der Waals surface area contributed by atoms with E-state index in [1.807, 2.05) is 12.1 Å². The van der Waals surface area contributed by atoms with Crippen molar-refractivity contribution in [1.29, 1.82) is 0 Å². The standard InChI is InChI=1S/C15H14Cl2O2S/c1-2-7-20-15-6-4-11(9-13(15)18)19-14-5-3-10(16)8-12(14)17/h3-6,8-9,18H,2,7H2,1H3. The Kier molecular flexibility index (Phi) is 5.46. The molecule has 2 nitrogen and oxygen atoms in total. The number of ether oxygens (including phenoxy) is 1. The minimum Gasteiger partial charge on any atom is -0.507 e. The second kappa shape index (κ2) is 7.11. The number of halogens is 2. The van der Waals surface area contributed by atoms with Crippen molar-refractivity contribution in [3.05, 3.63) is 46.4 Å². The smallest absolute Gasteiger partial charge is 0.146 e. The lowest BCUT2D eigenvalue weighted by molar-refractivity contribution is 0.446.